The molecule has 0 fully saturated rings. The summed E-state index contributed by atoms with van der Waals surface area (Å²) in [6.07, 6.45) is 2.77. The molecule has 0 heterocycles. The van der Waals surface area contributed by atoms with Crippen LogP contribution >= 0.6 is 0 Å². The van der Waals surface area contributed by atoms with Gasteiger partial charge in [-0.1, -0.05) is 12.2 Å². The summed E-state index contributed by atoms with van der Waals surface area (Å²) in [5.41, 5.74) is 0. The second-order valence-electron chi connectivity index (χ2n) is 2.72. The Hall–Kier alpha value is -0.730. The fourth-order valence-corrected chi connectivity index (χ4v) is 1.07. The van der Waals surface area contributed by atoms with Crippen molar-refractivity contribution >= 4 is 10.4 Å². The zero-order valence-corrected chi connectivity index (χ0v) is 9.69. The van der Waals surface area contributed by atoms with Crippen molar-refractivity contribution in [3.8, 4) is 0 Å². The maximum atomic E-state index is 10.2. The van der Waals surface area contributed by atoms with Crippen LogP contribution in [0.25, 0.3) is 0 Å². The van der Waals surface area contributed by atoms with Gasteiger partial charge in [0.15, 0.2) is 0 Å². The van der Waals surface area contributed by atoms with E-state index in [1.165, 1.54) is 6.08 Å². The molecule has 7 heteroatoms. The van der Waals surface area contributed by atoms with E-state index in [1.807, 2.05) is 0 Å². The van der Waals surface area contributed by atoms with E-state index in [9.17, 15) is 8.42 Å². The quantitative estimate of drug-likeness (QED) is 0.348. The van der Waals surface area contributed by atoms with Gasteiger partial charge in [-0.2, -0.15) is 8.42 Å². The molecule has 0 aromatic heterocycles. The molecule has 1 unspecified atom stereocenters. The SMILES string of the molecule is C=CCOCC(C=C)OCCOS(=O)(=O)O. The third-order valence-electron chi connectivity index (χ3n) is 1.43. The first kappa shape index (κ1) is 15.3. The van der Waals surface area contributed by atoms with E-state index < -0.39 is 10.4 Å². The van der Waals surface area contributed by atoms with E-state index in [1.54, 1.807) is 6.08 Å². The van der Waals surface area contributed by atoms with Crippen LogP contribution in [-0.4, -0.2) is 45.5 Å². The Morgan fingerprint density at radius 3 is 2.50 bits per heavy atom. The molecule has 0 bridgehead atoms. The van der Waals surface area contributed by atoms with Crippen molar-refractivity contribution in [3.05, 3.63) is 25.3 Å². The molecule has 0 spiro atoms. The molecule has 0 radical (unpaired) electrons. The summed E-state index contributed by atoms with van der Waals surface area (Å²) >= 11 is 0. The standard InChI is InChI=1S/C9H16O6S/c1-3-5-13-8-9(4-2)14-6-7-15-16(10,11)12/h3-4,9H,1-2,5-8H2,(H,10,11,12). The van der Waals surface area contributed by atoms with Gasteiger partial charge in [-0.25, -0.2) is 4.18 Å². The third-order valence-corrected chi connectivity index (χ3v) is 1.89. The molecule has 0 rings (SSSR count). The van der Waals surface area contributed by atoms with Gasteiger partial charge in [0.2, 0.25) is 0 Å². The number of rotatable bonds is 10. The molecule has 16 heavy (non-hydrogen) atoms. The van der Waals surface area contributed by atoms with Crippen molar-refractivity contribution in [1.29, 1.82) is 0 Å². The molecule has 0 aromatic carbocycles. The lowest BCUT2D eigenvalue weighted by Gasteiger charge is -2.13. The Bertz CT molecular complexity index is 297. The summed E-state index contributed by atoms with van der Waals surface area (Å²) in [5, 5.41) is 0. The molecule has 0 aromatic rings. The minimum atomic E-state index is -4.40. The molecular weight excluding hydrogens is 236 g/mol. The highest BCUT2D eigenvalue weighted by Crippen LogP contribution is 1.96. The molecule has 6 nitrogen and oxygen atoms in total. The normalized spacial score (nSPS) is 13.3. The number of hydrogen-bond donors (Lipinski definition) is 1. The average molecular weight is 252 g/mol. The molecule has 0 aliphatic carbocycles. The molecular formula is C9H16O6S. The molecule has 1 N–H and O–H groups in total. The smallest absolute Gasteiger partial charge is 0.374 e. The van der Waals surface area contributed by atoms with E-state index in [0.29, 0.717) is 13.2 Å². The molecule has 1 atom stereocenters. The highest BCUT2D eigenvalue weighted by atomic mass is 32.3. The minimum absolute atomic E-state index is 0.00786. The molecule has 0 saturated carbocycles. The van der Waals surface area contributed by atoms with Crippen LogP contribution in [0.3, 0.4) is 0 Å². The van der Waals surface area contributed by atoms with Gasteiger partial charge in [0.25, 0.3) is 0 Å². The summed E-state index contributed by atoms with van der Waals surface area (Å²) in [6, 6.07) is 0. The number of ether oxygens (including phenoxy) is 2. The van der Waals surface area contributed by atoms with E-state index in [4.69, 9.17) is 14.0 Å². The Balaban J connectivity index is 3.62. The van der Waals surface area contributed by atoms with Crippen LogP contribution in [0.1, 0.15) is 0 Å². The summed E-state index contributed by atoms with van der Waals surface area (Å²) in [4.78, 5) is 0. The van der Waals surface area contributed by atoms with E-state index in [2.05, 4.69) is 17.3 Å². The fourth-order valence-electron chi connectivity index (χ4n) is 0.791. The van der Waals surface area contributed by atoms with Gasteiger partial charge in [0, 0.05) is 0 Å². The van der Waals surface area contributed by atoms with Crippen molar-refractivity contribution in [2.24, 2.45) is 0 Å². The molecule has 0 saturated heterocycles. The van der Waals surface area contributed by atoms with Crippen molar-refractivity contribution in [2.45, 2.75) is 6.10 Å². The predicted octanol–water partition coefficient (Wildman–Crippen LogP) is 0.580. The van der Waals surface area contributed by atoms with E-state index in [0.717, 1.165) is 0 Å². The van der Waals surface area contributed by atoms with Gasteiger partial charge in [-0.05, 0) is 0 Å². The molecule has 94 valence electrons. The maximum absolute atomic E-state index is 10.2. The molecule has 0 aliphatic heterocycles. The topological polar surface area (TPSA) is 82.1 Å². The lowest BCUT2D eigenvalue weighted by molar-refractivity contribution is 0.00489. The van der Waals surface area contributed by atoms with Gasteiger partial charge < -0.3 is 9.47 Å². The summed E-state index contributed by atoms with van der Waals surface area (Å²) in [6.45, 7) is 7.45. The first-order valence-electron chi connectivity index (χ1n) is 4.54. The Morgan fingerprint density at radius 1 is 1.31 bits per heavy atom. The van der Waals surface area contributed by atoms with Crippen LogP contribution < -0.4 is 0 Å². The second-order valence-corrected chi connectivity index (χ2v) is 3.81. The Labute approximate surface area is 95.5 Å². The van der Waals surface area contributed by atoms with Crippen LogP contribution in [0.4, 0.5) is 0 Å². The van der Waals surface area contributed by atoms with Crippen LogP contribution in [0.15, 0.2) is 25.3 Å². The monoisotopic (exact) mass is 252 g/mol. The van der Waals surface area contributed by atoms with E-state index in [-0.39, 0.29) is 19.3 Å². The van der Waals surface area contributed by atoms with Crippen LogP contribution in [-0.2, 0) is 24.1 Å². The fraction of sp³-hybridized carbons (Fsp3) is 0.556. The first-order chi connectivity index (χ1) is 7.49. The average Bonchev–Trinajstić information content (AvgIpc) is 2.20. The van der Waals surface area contributed by atoms with Crippen LogP contribution in [0.2, 0.25) is 0 Å². The van der Waals surface area contributed by atoms with Crippen molar-refractivity contribution in [3.63, 3.8) is 0 Å². The predicted molar refractivity (Wildman–Crippen MR) is 58.5 cm³/mol. The summed E-state index contributed by atoms with van der Waals surface area (Å²) < 4.78 is 42.9. The zero-order chi connectivity index (χ0) is 12.4. The van der Waals surface area contributed by atoms with Crippen molar-refractivity contribution in [2.75, 3.05) is 26.4 Å². The first-order valence-corrected chi connectivity index (χ1v) is 5.90. The van der Waals surface area contributed by atoms with Crippen molar-refractivity contribution < 1.29 is 26.6 Å². The molecule has 0 aliphatic rings. The number of hydrogen-bond acceptors (Lipinski definition) is 5. The molecule has 0 amide bonds. The summed E-state index contributed by atoms with van der Waals surface area (Å²) in [5.74, 6) is 0. The zero-order valence-electron chi connectivity index (χ0n) is 8.87. The van der Waals surface area contributed by atoms with Gasteiger partial charge in [0.05, 0.1) is 32.5 Å². The van der Waals surface area contributed by atoms with Gasteiger partial charge in [-0.3, -0.25) is 4.55 Å². The Morgan fingerprint density at radius 2 is 2.00 bits per heavy atom. The van der Waals surface area contributed by atoms with Gasteiger partial charge in [0.1, 0.15) is 0 Å². The third kappa shape index (κ3) is 9.81. The van der Waals surface area contributed by atoms with E-state index >= 15 is 0 Å². The Kier molecular flexibility index (Phi) is 8.04. The lowest BCUT2D eigenvalue weighted by Crippen LogP contribution is -2.20. The minimum Gasteiger partial charge on any atom is -0.374 e. The van der Waals surface area contributed by atoms with Gasteiger partial charge in [-0.15, -0.1) is 13.2 Å². The van der Waals surface area contributed by atoms with Crippen molar-refractivity contribution in [1.82, 2.24) is 0 Å². The maximum Gasteiger partial charge on any atom is 0.397 e. The van der Waals surface area contributed by atoms with Crippen LogP contribution in [0.5, 0.6) is 0 Å². The van der Waals surface area contributed by atoms with Crippen LogP contribution in [0, 0.1) is 0 Å². The highest BCUT2D eigenvalue weighted by Gasteiger charge is 2.07. The largest absolute Gasteiger partial charge is 0.397 e. The highest BCUT2D eigenvalue weighted by molar-refractivity contribution is 7.80. The van der Waals surface area contributed by atoms with Gasteiger partial charge >= 0.3 is 10.4 Å². The second kappa shape index (κ2) is 8.43. The summed E-state index contributed by atoms with van der Waals surface area (Å²) in [7, 11) is -4.40. The lowest BCUT2D eigenvalue weighted by atomic mass is 10.4.